The number of aryl methyl sites for hydroxylation is 1. The fourth-order valence-corrected chi connectivity index (χ4v) is 1.99. The molecule has 86 valence electrons. The van der Waals surface area contributed by atoms with E-state index in [0.717, 1.165) is 10.9 Å². The van der Waals surface area contributed by atoms with Crippen LogP contribution in [0.5, 0.6) is 0 Å². The molecule has 0 aliphatic carbocycles. The van der Waals surface area contributed by atoms with Gasteiger partial charge in [-0.2, -0.15) is 0 Å². The molecule has 2 aromatic heterocycles. The van der Waals surface area contributed by atoms with Gasteiger partial charge in [0.05, 0.1) is 0 Å². The fraction of sp³-hybridized carbons (Fsp3) is 0.154. The number of pyridine rings is 1. The Morgan fingerprint density at radius 1 is 1.18 bits per heavy atom. The van der Waals surface area contributed by atoms with Crippen molar-refractivity contribution in [3.05, 3.63) is 41.7 Å². The molecular weight excluding hydrogens is 224 g/mol. The van der Waals surface area contributed by atoms with Gasteiger partial charge in [-0.1, -0.05) is 12.1 Å². The molecule has 0 N–H and O–H groups in total. The minimum atomic E-state index is -2.62. The highest BCUT2D eigenvalue weighted by molar-refractivity contribution is 6.05. The van der Waals surface area contributed by atoms with Crippen LogP contribution in [0.3, 0.4) is 0 Å². The highest BCUT2D eigenvalue weighted by atomic mass is 19.3. The normalized spacial score (nSPS) is 11.8. The highest BCUT2D eigenvalue weighted by Gasteiger charge is 2.18. The topological polar surface area (TPSA) is 26.0 Å². The maximum atomic E-state index is 12.8. The van der Waals surface area contributed by atoms with Crippen molar-refractivity contribution in [2.75, 3.05) is 0 Å². The van der Waals surface area contributed by atoms with Crippen molar-refractivity contribution in [1.29, 1.82) is 0 Å². The van der Waals surface area contributed by atoms with Gasteiger partial charge in [0.25, 0.3) is 6.43 Å². The molecule has 0 unspecified atom stereocenters. The molecule has 3 aromatic rings. The molecule has 1 aromatic carbocycles. The summed E-state index contributed by atoms with van der Waals surface area (Å²) in [7, 11) is 0. The summed E-state index contributed by atoms with van der Waals surface area (Å²) in [6.45, 7) is 1.93. The van der Waals surface area contributed by atoms with Crippen LogP contribution in [0.2, 0.25) is 0 Å². The number of fused-ring (bicyclic) bond motifs is 3. The molecule has 0 aliphatic heterocycles. The first-order chi connectivity index (χ1) is 8.16. The first-order valence-electron chi connectivity index (χ1n) is 5.23. The van der Waals surface area contributed by atoms with Crippen molar-refractivity contribution < 1.29 is 13.2 Å². The number of hydrogen-bond acceptors (Lipinski definition) is 2. The Kier molecular flexibility index (Phi) is 2.11. The van der Waals surface area contributed by atoms with Crippen molar-refractivity contribution in [3.63, 3.8) is 0 Å². The number of alkyl halides is 2. The van der Waals surface area contributed by atoms with E-state index in [1.54, 1.807) is 6.07 Å². The van der Waals surface area contributed by atoms with E-state index in [1.165, 1.54) is 6.20 Å². The Morgan fingerprint density at radius 3 is 2.76 bits per heavy atom. The van der Waals surface area contributed by atoms with Gasteiger partial charge in [-0.15, -0.1) is 0 Å². The van der Waals surface area contributed by atoms with Crippen molar-refractivity contribution >= 4 is 21.9 Å². The third-order valence-corrected chi connectivity index (χ3v) is 2.78. The number of hydrogen-bond donors (Lipinski definition) is 0. The van der Waals surface area contributed by atoms with Gasteiger partial charge >= 0.3 is 0 Å². The van der Waals surface area contributed by atoms with Crippen LogP contribution < -0.4 is 0 Å². The predicted octanol–water partition coefficient (Wildman–Crippen LogP) is 4.23. The number of halogens is 2. The summed E-state index contributed by atoms with van der Waals surface area (Å²) in [4.78, 5) is 3.68. The third-order valence-electron chi connectivity index (χ3n) is 2.78. The highest BCUT2D eigenvalue weighted by Crippen LogP contribution is 2.33. The van der Waals surface area contributed by atoms with Crippen LogP contribution in [0.25, 0.3) is 21.9 Å². The summed E-state index contributed by atoms with van der Waals surface area (Å²) in [6.07, 6.45) is -1.24. The minimum absolute atomic E-state index is 0.183. The summed E-state index contributed by atoms with van der Waals surface area (Å²) in [6, 6.07) is 7.35. The molecule has 0 fully saturated rings. The summed E-state index contributed by atoms with van der Waals surface area (Å²) in [5.74, 6) is 0. The molecule has 4 heteroatoms. The number of aromatic nitrogens is 1. The molecule has 17 heavy (non-hydrogen) atoms. The Hall–Kier alpha value is -1.97. The number of benzene rings is 1. The van der Waals surface area contributed by atoms with E-state index in [1.807, 2.05) is 25.1 Å². The molecule has 0 radical (unpaired) electrons. The minimum Gasteiger partial charge on any atom is -0.454 e. The summed E-state index contributed by atoms with van der Waals surface area (Å²) >= 11 is 0. The standard InChI is InChI=1S/C13H9F2NO/c1-7-2-3-8-9-4-5-16-11(13(14)15)12(9)17-10(8)6-7/h2-6,13H,1H3. The first kappa shape index (κ1) is 10.2. The van der Waals surface area contributed by atoms with E-state index in [0.29, 0.717) is 11.0 Å². The Bertz CT molecular complexity index is 703. The zero-order chi connectivity index (χ0) is 12.0. The van der Waals surface area contributed by atoms with Gasteiger partial charge in [-0.25, -0.2) is 8.78 Å². The second kappa shape index (κ2) is 3.52. The van der Waals surface area contributed by atoms with Gasteiger partial charge < -0.3 is 4.42 Å². The summed E-state index contributed by atoms with van der Waals surface area (Å²) in [5.41, 5.74) is 1.54. The molecule has 0 amide bonds. The molecule has 0 atom stereocenters. The average Bonchev–Trinajstić information content (AvgIpc) is 2.65. The molecule has 0 bridgehead atoms. The fourth-order valence-electron chi connectivity index (χ4n) is 1.99. The predicted molar refractivity (Wildman–Crippen MR) is 61.2 cm³/mol. The lowest BCUT2D eigenvalue weighted by Crippen LogP contribution is -1.88. The first-order valence-corrected chi connectivity index (χ1v) is 5.23. The average molecular weight is 233 g/mol. The van der Waals surface area contributed by atoms with Crippen LogP contribution in [0.4, 0.5) is 8.78 Å². The van der Waals surface area contributed by atoms with Crippen LogP contribution in [0.1, 0.15) is 17.7 Å². The van der Waals surface area contributed by atoms with Crippen LogP contribution in [-0.4, -0.2) is 4.98 Å². The van der Waals surface area contributed by atoms with Gasteiger partial charge in [0.2, 0.25) is 0 Å². The smallest absolute Gasteiger partial charge is 0.284 e. The van der Waals surface area contributed by atoms with Gasteiger partial charge in [-0.05, 0) is 24.6 Å². The van der Waals surface area contributed by atoms with E-state index in [4.69, 9.17) is 4.42 Å². The Labute approximate surface area is 95.9 Å². The van der Waals surface area contributed by atoms with Gasteiger partial charge in [-0.3, -0.25) is 4.98 Å². The van der Waals surface area contributed by atoms with Crippen LogP contribution in [-0.2, 0) is 0 Å². The summed E-state index contributed by atoms with van der Waals surface area (Å²) in [5, 5.41) is 1.53. The van der Waals surface area contributed by atoms with Gasteiger partial charge in [0.1, 0.15) is 11.3 Å². The maximum Gasteiger partial charge on any atom is 0.284 e. The van der Waals surface area contributed by atoms with Crippen molar-refractivity contribution in [3.8, 4) is 0 Å². The Morgan fingerprint density at radius 2 is 2.00 bits per heavy atom. The molecule has 3 rings (SSSR count). The van der Waals surface area contributed by atoms with Crippen molar-refractivity contribution in [2.24, 2.45) is 0 Å². The monoisotopic (exact) mass is 233 g/mol. The largest absolute Gasteiger partial charge is 0.454 e. The molecule has 2 nitrogen and oxygen atoms in total. The third kappa shape index (κ3) is 1.48. The second-order valence-electron chi connectivity index (χ2n) is 3.98. The number of nitrogens with zero attached hydrogens (tertiary/aromatic N) is 1. The van der Waals surface area contributed by atoms with E-state index < -0.39 is 6.43 Å². The zero-order valence-electron chi connectivity index (χ0n) is 9.08. The van der Waals surface area contributed by atoms with Crippen LogP contribution in [0, 0.1) is 6.92 Å². The van der Waals surface area contributed by atoms with E-state index in [9.17, 15) is 8.78 Å². The lowest BCUT2D eigenvalue weighted by Gasteiger charge is -1.97. The van der Waals surface area contributed by atoms with E-state index >= 15 is 0 Å². The Balaban J connectivity index is 2.46. The van der Waals surface area contributed by atoms with Crippen molar-refractivity contribution in [1.82, 2.24) is 4.98 Å². The molecule has 0 spiro atoms. The lowest BCUT2D eigenvalue weighted by molar-refractivity contribution is 0.146. The zero-order valence-corrected chi connectivity index (χ0v) is 9.08. The van der Waals surface area contributed by atoms with Crippen LogP contribution in [0.15, 0.2) is 34.9 Å². The molecule has 0 aliphatic rings. The maximum absolute atomic E-state index is 12.8. The second-order valence-corrected chi connectivity index (χ2v) is 3.98. The number of rotatable bonds is 1. The quantitative estimate of drug-likeness (QED) is 0.628. The summed E-state index contributed by atoms with van der Waals surface area (Å²) < 4.78 is 31.0. The molecule has 0 saturated heterocycles. The van der Waals surface area contributed by atoms with Gasteiger partial charge in [0.15, 0.2) is 5.58 Å². The van der Waals surface area contributed by atoms with E-state index in [-0.39, 0.29) is 11.3 Å². The van der Waals surface area contributed by atoms with Gasteiger partial charge in [0, 0.05) is 17.0 Å². The van der Waals surface area contributed by atoms with E-state index in [2.05, 4.69) is 4.98 Å². The molecular formula is C13H9F2NO. The SMILES string of the molecule is Cc1ccc2c(c1)oc1c(C(F)F)nccc12. The molecule has 2 heterocycles. The number of furan rings is 1. The van der Waals surface area contributed by atoms with Crippen LogP contribution >= 0.6 is 0 Å². The lowest BCUT2D eigenvalue weighted by atomic mass is 10.1. The van der Waals surface area contributed by atoms with Crippen molar-refractivity contribution in [2.45, 2.75) is 13.3 Å². The molecule has 0 saturated carbocycles.